The number of hydrogen-bond acceptors (Lipinski definition) is 2. The minimum absolute atomic E-state index is 0.0685. The van der Waals surface area contributed by atoms with Crippen LogP contribution in [-0.2, 0) is 6.42 Å². The molecule has 1 N–H and O–H groups in total. The van der Waals surface area contributed by atoms with E-state index in [2.05, 4.69) is 74.6 Å². The molecule has 0 spiro atoms. The lowest BCUT2D eigenvalue weighted by Gasteiger charge is -2.17. The molecule has 0 saturated carbocycles. The molecular weight excluding hydrogens is 292 g/mol. The molecule has 0 fully saturated rings. The summed E-state index contributed by atoms with van der Waals surface area (Å²) in [5.74, 6) is -0.0685. The van der Waals surface area contributed by atoms with Crippen molar-refractivity contribution in [3.63, 3.8) is 0 Å². The van der Waals surface area contributed by atoms with Gasteiger partial charge in [0.05, 0.1) is 12.0 Å². The Morgan fingerprint density at radius 1 is 1.17 bits per heavy atom. The zero-order valence-corrected chi connectivity index (χ0v) is 15.1. The van der Waals surface area contributed by atoms with E-state index >= 15 is 0 Å². The maximum Gasteiger partial charge on any atom is 0.0733 e. The lowest BCUT2D eigenvalue weighted by Crippen LogP contribution is -2.18. The van der Waals surface area contributed by atoms with Gasteiger partial charge in [-0.15, -0.1) is 0 Å². The van der Waals surface area contributed by atoms with E-state index in [1.807, 2.05) is 0 Å². The van der Waals surface area contributed by atoms with E-state index in [1.165, 1.54) is 27.5 Å². The van der Waals surface area contributed by atoms with Gasteiger partial charge in [0.15, 0.2) is 0 Å². The molecule has 2 nitrogen and oxygen atoms in total. The number of allylic oxidation sites excluding steroid dienone is 2. The molecule has 0 radical (unpaired) electrons. The summed E-state index contributed by atoms with van der Waals surface area (Å²) in [4.78, 5) is 0. The van der Waals surface area contributed by atoms with Crippen LogP contribution in [0.1, 0.15) is 50.7 Å². The Labute approximate surface area is 146 Å². The van der Waals surface area contributed by atoms with E-state index in [4.69, 9.17) is 0 Å². The van der Waals surface area contributed by atoms with Crippen molar-refractivity contribution < 1.29 is 0 Å². The van der Waals surface area contributed by atoms with E-state index in [-0.39, 0.29) is 5.92 Å². The molecule has 0 aliphatic heterocycles. The number of nitriles is 1. The number of nitrogens with zero attached hydrogens (tertiary/aromatic N) is 1. The van der Waals surface area contributed by atoms with Crippen molar-refractivity contribution in [2.45, 2.75) is 46.0 Å². The Morgan fingerprint density at radius 2 is 1.96 bits per heavy atom. The van der Waals surface area contributed by atoms with Gasteiger partial charge in [-0.25, -0.2) is 0 Å². The molecule has 1 unspecified atom stereocenters. The summed E-state index contributed by atoms with van der Waals surface area (Å²) >= 11 is 0. The highest BCUT2D eigenvalue weighted by Gasteiger charge is 2.17. The average Bonchev–Trinajstić information content (AvgIpc) is 2.60. The molecule has 0 bridgehead atoms. The fraction of sp³-hybridized carbons (Fsp3) is 0.409. The van der Waals surface area contributed by atoms with E-state index in [9.17, 15) is 5.26 Å². The molecule has 126 valence electrons. The predicted molar refractivity (Wildman–Crippen MR) is 103 cm³/mol. The van der Waals surface area contributed by atoms with E-state index in [1.54, 1.807) is 0 Å². The zero-order valence-electron chi connectivity index (χ0n) is 15.1. The second kappa shape index (κ2) is 9.25. The Hall–Kier alpha value is -2.11. The summed E-state index contributed by atoms with van der Waals surface area (Å²) < 4.78 is 0. The molecule has 0 aromatic heterocycles. The van der Waals surface area contributed by atoms with Gasteiger partial charge < -0.3 is 5.32 Å². The average molecular weight is 320 g/mol. The van der Waals surface area contributed by atoms with Gasteiger partial charge in [-0.2, -0.15) is 5.26 Å². The third-order valence-corrected chi connectivity index (χ3v) is 4.33. The molecule has 2 aromatic carbocycles. The minimum Gasteiger partial charge on any atom is -0.317 e. The maximum absolute atomic E-state index is 9.80. The third-order valence-electron chi connectivity index (χ3n) is 4.33. The SMILES string of the molecule is CCCNCCC(C#N)c1c(CC=C(C)C)ccc2ccccc12. The van der Waals surface area contributed by atoms with Crippen molar-refractivity contribution in [2.75, 3.05) is 13.1 Å². The largest absolute Gasteiger partial charge is 0.317 e. The Kier molecular flexibility index (Phi) is 7.03. The second-order valence-corrected chi connectivity index (χ2v) is 6.57. The molecule has 1 atom stereocenters. The second-order valence-electron chi connectivity index (χ2n) is 6.57. The Bertz CT molecular complexity index is 733. The van der Waals surface area contributed by atoms with Gasteiger partial charge >= 0.3 is 0 Å². The Balaban J connectivity index is 2.40. The third kappa shape index (κ3) is 4.69. The number of rotatable bonds is 8. The lowest BCUT2D eigenvalue weighted by molar-refractivity contribution is 0.617. The smallest absolute Gasteiger partial charge is 0.0733 e. The van der Waals surface area contributed by atoms with Gasteiger partial charge in [-0.05, 0) is 68.1 Å². The summed E-state index contributed by atoms with van der Waals surface area (Å²) in [6.07, 6.45) is 5.12. The van der Waals surface area contributed by atoms with Crippen LogP contribution in [0.15, 0.2) is 48.0 Å². The van der Waals surface area contributed by atoms with Gasteiger partial charge in [-0.3, -0.25) is 0 Å². The van der Waals surface area contributed by atoms with Crippen LogP contribution in [0.3, 0.4) is 0 Å². The van der Waals surface area contributed by atoms with Gasteiger partial charge in [0.25, 0.3) is 0 Å². The van der Waals surface area contributed by atoms with Crippen molar-refractivity contribution in [1.29, 1.82) is 5.26 Å². The molecule has 2 heteroatoms. The van der Waals surface area contributed by atoms with Crippen LogP contribution >= 0.6 is 0 Å². The molecule has 24 heavy (non-hydrogen) atoms. The summed E-state index contributed by atoms with van der Waals surface area (Å²) in [5.41, 5.74) is 3.80. The van der Waals surface area contributed by atoms with Crippen molar-refractivity contribution in [1.82, 2.24) is 5.32 Å². The highest BCUT2D eigenvalue weighted by Crippen LogP contribution is 2.31. The van der Waals surface area contributed by atoms with Gasteiger partial charge in [0.2, 0.25) is 0 Å². The molecule has 2 aromatic rings. The molecule has 0 heterocycles. The number of benzene rings is 2. The molecule has 0 saturated heterocycles. The summed E-state index contributed by atoms with van der Waals surface area (Å²) in [6.45, 7) is 8.31. The normalized spacial score (nSPS) is 11.9. The van der Waals surface area contributed by atoms with Crippen LogP contribution in [0.5, 0.6) is 0 Å². The van der Waals surface area contributed by atoms with Crippen LogP contribution in [0, 0.1) is 11.3 Å². The molecule has 2 rings (SSSR count). The number of nitrogens with one attached hydrogen (secondary N) is 1. The van der Waals surface area contributed by atoms with Gasteiger partial charge in [0.1, 0.15) is 0 Å². The standard InChI is InChI=1S/C22H28N2/c1-4-14-24-15-13-20(16-23)22-19(10-9-17(2)3)12-11-18-7-5-6-8-21(18)22/h5-9,11-12,20,24H,4,10,13-15H2,1-3H3. The van der Waals surface area contributed by atoms with Crippen molar-refractivity contribution in [3.8, 4) is 6.07 Å². The number of fused-ring (bicyclic) bond motifs is 1. The highest BCUT2D eigenvalue weighted by molar-refractivity contribution is 5.87. The maximum atomic E-state index is 9.80. The van der Waals surface area contributed by atoms with Crippen molar-refractivity contribution >= 4 is 10.8 Å². The Morgan fingerprint density at radius 3 is 2.67 bits per heavy atom. The molecule has 0 amide bonds. The zero-order chi connectivity index (χ0) is 17.4. The van der Waals surface area contributed by atoms with E-state index in [0.29, 0.717) is 0 Å². The first-order valence-electron chi connectivity index (χ1n) is 8.91. The fourth-order valence-corrected chi connectivity index (χ4v) is 3.07. The predicted octanol–water partition coefficient (Wildman–Crippen LogP) is 5.35. The van der Waals surface area contributed by atoms with Crippen molar-refractivity contribution in [3.05, 3.63) is 59.2 Å². The summed E-state index contributed by atoms with van der Waals surface area (Å²) in [7, 11) is 0. The van der Waals surface area contributed by atoms with Crippen LogP contribution in [0.2, 0.25) is 0 Å². The van der Waals surface area contributed by atoms with Gasteiger partial charge in [-0.1, -0.05) is 55.0 Å². The molecule has 0 aliphatic rings. The molecule has 0 aliphatic carbocycles. The quantitative estimate of drug-likeness (QED) is 0.526. The molecular formula is C22H28N2. The first-order valence-corrected chi connectivity index (χ1v) is 8.91. The lowest BCUT2D eigenvalue weighted by atomic mass is 9.86. The van der Waals surface area contributed by atoms with E-state index in [0.717, 1.165) is 32.4 Å². The summed E-state index contributed by atoms with van der Waals surface area (Å²) in [5, 5.41) is 15.7. The van der Waals surface area contributed by atoms with E-state index < -0.39 is 0 Å². The topological polar surface area (TPSA) is 35.8 Å². The van der Waals surface area contributed by atoms with Crippen LogP contribution in [-0.4, -0.2) is 13.1 Å². The summed E-state index contributed by atoms with van der Waals surface area (Å²) in [6, 6.07) is 15.3. The van der Waals surface area contributed by atoms with Crippen molar-refractivity contribution in [2.24, 2.45) is 0 Å². The number of hydrogen-bond donors (Lipinski definition) is 1. The first-order chi connectivity index (χ1) is 11.7. The fourth-order valence-electron chi connectivity index (χ4n) is 3.07. The monoisotopic (exact) mass is 320 g/mol. The van der Waals surface area contributed by atoms with Gasteiger partial charge in [0, 0.05) is 0 Å². The van der Waals surface area contributed by atoms with Crippen LogP contribution < -0.4 is 5.32 Å². The van der Waals surface area contributed by atoms with Crippen LogP contribution in [0.4, 0.5) is 0 Å². The minimum atomic E-state index is -0.0685. The van der Waals surface area contributed by atoms with Crippen LogP contribution in [0.25, 0.3) is 10.8 Å². The highest BCUT2D eigenvalue weighted by atomic mass is 14.8. The first kappa shape index (κ1) is 18.2.